The summed E-state index contributed by atoms with van der Waals surface area (Å²) in [7, 11) is 0. The minimum Gasteiger partial charge on any atom is -0.370 e. The molecule has 1 aromatic rings. The highest BCUT2D eigenvalue weighted by Crippen LogP contribution is 2.43. The molecule has 2 amide bonds. The number of thiol groups is 1. The number of carbonyl (C=O) groups is 2. The van der Waals surface area contributed by atoms with Crippen molar-refractivity contribution in [2.24, 2.45) is 11.6 Å². The number of hydrazine groups is 1. The number of nitrogens with zero attached hydrogens (tertiary/aromatic N) is 1. The van der Waals surface area contributed by atoms with Crippen molar-refractivity contribution in [3.8, 4) is 0 Å². The highest BCUT2D eigenvalue weighted by Gasteiger charge is 2.41. The number of primary amides is 1. The van der Waals surface area contributed by atoms with Crippen molar-refractivity contribution >= 4 is 24.4 Å². The molecule has 0 aromatic heterocycles. The monoisotopic (exact) mass is 279 g/mol. The van der Waals surface area contributed by atoms with E-state index in [1.165, 1.54) is 0 Å². The van der Waals surface area contributed by atoms with E-state index >= 15 is 0 Å². The Kier molecular flexibility index (Phi) is 3.82. The first kappa shape index (κ1) is 13.9. The zero-order chi connectivity index (χ0) is 14.0. The molecule has 6 heteroatoms. The number of hydrogen-bond acceptors (Lipinski definition) is 4. The molecule has 0 saturated carbocycles. The number of aryl methyl sites for hydroxylation is 1. The van der Waals surface area contributed by atoms with Crippen molar-refractivity contribution < 1.29 is 9.59 Å². The first-order valence-corrected chi connectivity index (χ1v) is 6.56. The van der Waals surface area contributed by atoms with Crippen molar-refractivity contribution in [2.75, 3.05) is 0 Å². The molecule has 102 valence electrons. The summed E-state index contributed by atoms with van der Waals surface area (Å²) in [5.74, 6) is 5.07. The summed E-state index contributed by atoms with van der Waals surface area (Å²) in [6.07, 6.45) is 1.50. The molecule has 19 heavy (non-hydrogen) atoms. The molecule has 0 bridgehead atoms. The number of hydrogen-bond donors (Lipinski definition) is 3. The maximum Gasteiger partial charge on any atom is 0.238 e. The summed E-state index contributed by atoms with van der Waals surface area (Å²) in [6.45, 7) is 0. The van der Waals surface area contributed by atoms with Gasteiger partial charge < -0.3 is 5.73 Å². The van der Waals surface area contributed by atoms with E-state index in [1.54, 1.807) is 0 Å². The molecule has 0 spiro atoms. The summed E-state index contributed by atoms with van der Waals surface area (Å²) in [5, 5.41) is 1.13. The van der Waals surface area contributed by atoms with Crippen molar-refractivity contribution in [1.29, 1.82) is 0 Å². The molecule has 1 atom stereocenters. The Morgan fingerprint density at radius 3 is 2.68 bits per heavy atom. The molecule has 0 saturated heterocycles. The maximum absolute atomic E-state index is 12.0. The normalized spacial score (nSPS) is 20.9. The van der Waals surface area contributed by atoms with Gasteiger partial charge in [-0.05, 0) is 24.0 Å². The van der Waals surface area contributed by atoms with Gasteiger partial charge in [-0.25, -0.2) is 5.84 Å². The van der Waals surface area contributed by atoms with Crippen molar-refractivity contribution in [1.82, 2.24) is 5.01 Å². The van der Waals surface area contributed by atoms with E-state index in [0.717, 1.165) is 22.6 Å². The van der Waals surface area contributed by atoms with E-state index in [1.807, 2.05) is 24.3 Å². The number of rotatable bonds is 4. The van der Waals surface area contributed by atoms with Crippen molar-refractivity contribution in [3.63, 3.8) is 0 Å². The third-order valence-electron chi connectivity index (χ3n) is 3.44. The smallest absolute Gasteiger partial charge is 0.238 e. The Morgan fingerprint density at radius 2 is 2.00 bits per heavy atom. The predicted octanol–water partition coefficient (Wildman–Crippen LogP) is 0.683. The van der Waals surface area contributed by atoms with Crippen LogP contribution in [-0.4, -0.2) is 16.8 Å². The van der Waals surface area contributed by atoms with Gasteiger partial charge in [-0.1, -0.05) is 24.3 Å². The van der Waals surface area contributed by atoms with Gasteiger partial charge in [-0.3, -0.25) is 14.6 Å². The Bertz CT molecular complexity index is 520. The van der Waals surface area contributed by atoms with Gasteiger partial charge in [0.15, 0.2) is 0 Å². The van der Waals surface area contributed by atoms with E-state index in [2.05, 4.69) is 12.6 Å². The van der Waals surface area contributed by atoms with Crippen LogP contribution < -0.4 is 11.6 Å². The standard InChI is InChI=1S/C13H17N3O2S/c14-11(17)5-6-12(18)16(15)13(19)8-7-9-3-1-2-4-10(9)13/h1-4,19H,5-8,15H2,(H2,14,17). The quantitative estimate of drug-likeness (QED) is 0.249. The summed E-state index contributed by atoms with van der Waals surface area (Å²) >= 11 is 4.60. The molecule has 4 N–H and O–H groups in total. The van der Waals surface area contributed by atoms with E-state index in [4.69, 9.17) is 11.6 Å². The van der Waals surface area contributed by atoms with Gasteiger partial charge in [0.1, 0.15) is 4.87 Å². The van der Waals surface area contributed by atoms with Gasteiger partial charge >= 0.3 is 0 Å². The third kappa shape index (κ3) is 2.59. The lowest BCUT2D eigenvalue weighted by molar-refractivity contribution is -0.136. The van der Waals surface area contributed by atoms with Crippen LogP contribution in [0.2, 0.25) is 0 Å². The summed E-state index contributed by atoms with van der Waals surface area (Å²) in [6, 6.07) is 7.79. The minimum absolute atomic E-state index is 0.00195. The number of carbonyl (C=O) groups excluding carboxylic acids is 2. The van der Waals surface area contributed by atoms with Gasteiger partial charge in [-0.15, -0.1) is 12.6 Å². The number of amides is 2. The number of fused-ring (bicyclic) bond motifs is 1. The molecule has 1 unspecified atom stereocenters. The van der Waals surface area contributed by atoms with Crippen LogP contribution in [0.25, 0.3) is 0 Å². The SMILES string of the molecule is NC(=O)CCC(=O)N(N)C1(S)CCc2ccccc21. The highest BCUT2D eigenvalue weighted by molar-refractivity contribution is 7.81. The average Bonchev–Trinajstić information content (AvgIpc) is 2.74. The summed E-state index contributed by atoms with van der Waals surface area (Å²) < 4.78 is 0. The Balaban J connectivity index is 2.17. The Morgan fingerprint density at radius 1 is 1.32 bits per heavy atom. The van der Waals surface area contributed by atoms with Crippen LogP contribution in [0.15, 0.2) is 24.3 Å². The third-order valence-corrected chi connectivity index (χ3v) is 4.12. The zero-order valence-corrected chi connectivity index (χ0v) is 11.4. The fraction of sp³-hybridized carbons (Fsp3) is 0.385. The lowest BCUT2D eigenvalue weighted by atomic mass is 10.1. The Hall–Kier alpha value is -1.53. The van der Waals surface area contributed by atoms with E-state index in [-0.39, 0.29) is 18.7 Å². The molecular weight excluding hydrogens is 262 g/mol. The van der Waals surface area contributed by atoms with Crippen molar-refractivity contribution in [3.05, 3.63) is 35.4 Å². The van der Waals surface area contributed by atoms with Gasteiger partial charge in [0, 0.05) is 12.8 Å². The second-order valence-electron chi connectivity index (χ2n) is 4.70. The minimum atomic E-state index is -0.800. The number of nitrogens with two attached hydrogens (primary N) is 2. The van der Waals surface area contributed by atoms with Crippen molar-refractivity contribution in [2.45, 2.75) is 30.6 Å². The average molecular weight is 279 g/mol. The Labute approximate surface area is 117 Å². The molecule has 0 aliphatic heterocycles. The second-order valence-corrected chi connectivity index (χ2v) is 5.44. The number of benzene rings is 1. The molecule has 5 nitrogen and oxygen atoms in total. The van der Waals surface area contributed by atoms with E-state index < -0.39 is 10.8 Å². The fourth-order valence-electron chi connectivity index (χ4n) is 2.38. The first-order chi connectivity index (χ1) is 8.95. The van der Waals surface area contributed by atoms with E-state index in [0.29, 0.717) is 6.42 Å². The lowest BCUT2D eigenvalue weighted by Crippen LogP contribution is -2.49. The largest absolute Gasteiger partial charge is 0.370 e. The molecule has 2 rings (SSSR count). The van der Waals surface area contributed by atoms with E-state index in [9.17, 15) is 9.59 Å². The maximum atomic E-state index is 12.0. The second kappa shape index (κ2) is 5.22. The van der Waals surface area contributed by atoms with Crippen LogP contribution in [0.3, 0.4) is 0 Å². The molecular formula is C13H17N3O2S. The van der Waals surface area contributed by atoms with Gasteiger partial charge in [0.25, 0.3) is 0 Å². The predicted molar refractivity (Wildman–Crippen MR) is 74.9 cm³/mol. The van der Waals surface area contributed by atoms with Gasteiger partial charge in [-0.2, -0.15) is 0 Å². The topological polar surface area (TPSA) is 89.4 Å². The van der Waals surface area contributed by atoms with Crippen LogP contribution in [0.1, 0.15) is 30.4 Å². The molecule has 0 radical (unpaired) electrons. The molecule has 1 aliphatic carbocycles. The molecule has 0 fully saturated rings. The van der Waals surface area contributed by atoms with Crippen LogP contribution >= 0.6 is 12.6 Å². The van der Waals surface area contributed by atoms with Crippen LogP contribution in [0, 0.1) is 0 Å². The molecule has 0 heterocycles. The zero-order valence-electron chi connectivity index (χ0n) is 10.5. The van der Waals surface area contributed by atoms with Crippen LogP contribution in [-0.2, 0) is 20.9 Å². The summed E-state index contributed by atoms with van der Waals surface area (Å²) in [4.78, 5) is 21.9. The molecule has 1 aromatic carbocycles. The fourth-order valence-corrected chi connectivity index (χ4v) is 2.82. The first-order valence-electron chi connectivity index (χ1n) is 6.12. The summed E-state index contributed by atoms with van der Waals surface area (Å²) in [5.41, 5.74) is 7.14. The lowest BCUT2D eigenvalue weighted by Gasteiger charge is -2.34. The van der Waals surface area contributed by atoms with Gasteiger partial charge in [0.2, 0.25) is 11.8 Å². The van der Waals surface area contributed by atoms with Gasteiger partial charge in [0.05, 0.1) is 0 Å². The molecule has 1 aliphatic rings. The van der Waals surface area contributed by atoms with Crippen LogP contribution in [0.4, 0.5) is 0 Å². The van der Waals surface area contributed by atoms with Crippen LogP contribution in [0.5, 0.6) is 0 Å². The highest BCUT2D eigenvalue weighted by atomic mass is 32.1.